The number of aromatic nitrogens is 3. The van der Waals surface area contributed by atoms with E-state index >= 15 is 0 Å². The molecule has 0 saturated heterocycles. The van der Waals surface area contributed by atoms with E-state index in [2.05, 4.69) is 10.1 Å². The van der Waals surface area contributed by atoms with Crippen LogP contribution in [0.5, 0.6) is 17.4 Å². The third-order valence-corrected chi connectivity index (χ3v) is 5.12. The summed E-state index contributed by atoms with van der Waals surface area (Å²) in [6.07, 6.45) is 1.70. The summed E-state index contributed by atoms with van der Waals surface area (Å²) in [5.41, 5.74) is 3.44. The molecule has 1 aromatic carbocycles. The highest BCUT2D eigenvalue weighted by atomic mass is 16.5. The molecule has 156 valence electrons. The Morgan fingerprint density at radius 1 is 1.20 bits per heavy atom. The lowest BCUT2D eigenvalue weighted by molar-refractivity contribution is -0.132. The maximum atomic E-state index is 12.9. The number of hydrogen-bond donors (Lipinski definition) is 0. The summed E-state index contributed by atoms with van der Waals surface area (Å²) < 4.78 is 18.5. The van der Waals surface area contributed by atoms with Crippen LogP contribution in [-0.4, -0.2) is 52.9 Å². The number of fused-ring (bicyclic) bond motifs is 1. The van der Waals surface area contributed by atoms with Gasteiger partial charge in [-0.25, -0.2) is 4.98 Å². The molecule has 0 aliphatic carbocycles. The van der Waals surface area contributed by atoms with Gasteiger partial charge >= 0.3 is 0 Å². The fraction of sp³-hybridized carbons (Fsp3) is 0.318. The van der Waals surface area contributed by atoms with Gasteiger partial charge in [0, 0.05) is 35.6 Å². The first-order valence-corrected chi connectivity index (χ1v) is 9.70. The van der Waals surface area contributed by atoms with Crippen LogP contribution >= 0.6 is 0 Å². The number of nitrogens with zero attached hydrogens (tertiary/aromatic N) is 4. The molecule has 0 bridgehead atoms. The largest absolute Gasteiger partial charge is 0.493 e. The molecule has 4 rings (SSSR count). The number of aryl methyl sites for hydroxylation is 1. The van der Waals surface area contributed by atoms with Crippen molar-refractivity contribution in [3.63, 3.8) is 0 Å². The van der Waals surface area contributed by atoms with Gasteiger partial charge in [-0.3, -0.25) is 9.48 Å². The maximum Gasteiger partial charge on any atom is 0.244 e. The summed E-state index contributed by atoms with van der Waals surface area (Å²) in [5.74, 6) is 1.80. The molecule has 1 aliphatic rings. The first kappa shape index (κ1) is 19.8. The molecular weight excluding hydrogens is 384 g/mol. The summed E-state index contributed by atoms with van der Waals surface area (Å²) in [7, 11) is 3.19. The number of amides is 1. The number of hydrogen-bond acceptors (Lipinski definition) is 6. The smallest absolute Gasteiger partial charge is 0.244 e. The van der Waals surface area contributed by atoms with E-state index in [9.17, 15) is 4.79 Å². The Kier molecular flexibility index (Phi) is 5.56. The van der Waals surface area contributed by atoms with E-state index in [1.807, 2.05) is 37.3 Å². The van der Waals surface area contributed by atoms with Crippen LogP contribution in [0, 0.1) is 6.92 Å². The molecule has 3 aromatic rings. The Labute approximate surface area is 175 Å². The van der Waals surface area contributed by atoms with Gasteiger partial charge in [-0.1, -0.05) is 6.07 Å². The van der Waals surface area contributed by atoms with Crippen LogP contribution in [-0.2, 0) is 17.9 Å². The Hall–Kier alpha value is -3.55. The van der Waals surface area contributed by atoms with E-state index in [0.717, 1.165) is 22.5 Å². The van der Waals surface area contributed by atoms with Gasteiger partial charge < -0.3 is 19.1 Å². The highest BCUT2D eigenvalue weighted by Gasteiger charge is 2.24. The number of benzene rings is 1. The molecule has 0 atom stereocenters. The number of carbonyl (C=O) groups excluding carboxylic acids is 1. The van der Waals surface area contributed by atoms with Crippen LogP contribution in [0.4, 0.5) is 0 Å². The van der Waals surface area contributed by atoms with Gasteiger partial charge in [0.2, 0.25) is 11.8 Å². The fourth-order valence-corrected chi connectivity index (χ4v) is 3.48. The number of ether oxygens (including phenoxy) is 3. The number of rotatable bonds is 5. The van der Waals surface area contributed by atoms with Crippen molar-refractivity contribution in [3.8, 4) is 28.6 Å². The molecule has 0 fully saturated rings. The van der Waals surface area contributed by atoms with Crippen molar-refractivity contribution in [2.45, 2.75) is 20.0 Å². The van der Waals surface area contributed by atoms with E-state index in [1.165, 1.54) is 0 Å². The third kappa shape index (κ3) is 3.94. The Bertz CT molecular complexity index is 1060. The molecule has 3 heterocycles. The average Bonchev–Trinajstić information content (AvgIpc) is 3.04. The van der Waals surface area contributed by atoms with Crippen LogP contribution in [0.3, 0.4) is 0 Å². The Balaban J connectivity index is 1.66. The molecule has 8 nitrogen and oxygen atoms in total. The van der Waals surface area contributed by atoms with Crippen molar-refractivity contribution < 1.29 is 19.0 Å². The quantitative estimate of drug-likeness (QED) is 0.646. The van der Waals surface area contributed by atoms with Gasteiger partial charge in [-0.05, 0) is 31.2 Å². The highest BCUT2D eigenvalue weighted by molar-refractivity contribution is 5.76. The fourth-order valence-electron chi connectivity index (χ4n) is 3.48. The lowest BCUT2D eigenvalue weighted by atomic mass is 10.0. The van der Waals surface area contributed by atoms with Crippen molar-refractivity contribution in [2.75, 3.05) is 27.4 Å². The minimum absolute atomic E-state index is 0.0119. The van der Waals surface area contributed by atoms with Crippen molar-refractivity contribution in [2.24, 2.45) is 0 Å². The summed E-state index contributed by atoms with van der Waals surface area (Å²) >= 11 is 0. The van der Waals surface area contributed by atoms with Crippen molar-refractivity contribution in [1.29, 1.82) is 0 Å². The standard InChI is InChI=1S/C22H24N4O4/c1-15-7-8-23-26(15)14-21(27)25-9-10-30-22-17(13-25)11-16(12-19(22)28-2)18-5-4-6-20(24-18)29-3/h4-8,11-12H,9-10,13-14H2,1-3H3. The molecule has 1 aliphatic heterocycles. The minimum atomic E-state index is -0.0119. The van der Waals surface area contributed by atoms with Gasteiger partial charge in [-0.2, -0.15) is 5.10 Å². The maximum absolute atomic E-state index is 12.9. The van der Waals surface area contributed by atoms with E-state index in [4.69, 9.17) is 14.2 Å². The summed E-state index contributed by atoms with van der Waals surface area (Å²) in [6, 6.07) is 11.4. The van der Waals surface area contributed by atoms with Crippen LogP contribution in [0.15, 0.2) is 42.6 Å². The van der Waals surface area contributed by atoms with Crippen molar-refractivity contribution in [3.05, 3.63) is 53.9 Å². The summed E-state index contributed by atoms with van der Waals surface area (Å²) in [5, 5.41) is 4.21. The predicted octanol–water partition coefficient (Wildman–Crippen LogP) is 2.69. The lowest BCUT2D eigenvalue weighted by Crippen LogP contribution is -2.35. The van der Waals surface area contributed by atoms with E-state index in [-0.39, 0.29) is 12.5 Å². The second-order valence-corrected chi connectivity index (χ2v) is 7.03. The molecular formula is C22H24N4O4. The third-order valence-electron chi connectivity index (χ3n) is 5.12. The monoisotopic (exact) mass is 408 g/mol. The average molecular weight is 408 g/mol. The molecule has 0 N–H and O–H groups in total. The molecule has 0 spiro atoms. The number of carbonyl (C=O) groups is 1. The molecule has 0 radical (unpaired) electrons. The minimum Gasteiger partial charge on any atom is -0.493 e. The van der Waals surface area contributed by atoms with E-state index in [0.29, 0.717) is 37.1 Å². The lowest BCUT2D eigenvalue weighted by Gasteiger charge is -2.20. The number of pyridine rings is 1. The second kappa shape index (κ2) is 8.44. The normalized spacial score (nSPS) is 13.2. The first-order chi connectivity index (χ1) is 14.6. The van der Waals surface area contributed by atoms with Gasteiger partial charge in [-0.15, -0.1) is 0 Å². The van der Waals surface area contributed by atoms with Crippen molar-refractivity contribution >= 4 is 5.91 Å². The SMILES string of the molecule is COc1cccc(-c2cc3c(c(OC)c2)OCCN(C(=O)Cn2nccc2C)C3)n1. The van der Waals surface area contributed by atoms with E-state index in [1.54, 1.807) is 36.1 Å². The molecule has 2 aromatic heterocycles. The summed E-state index contributed by atoms with van der Waals surface area (Å²) in [4.78, 5) is 19.2. The van der Waals surface area contributed by atoms with Gasteiger partial charge in [0.1, 0.15) is 13.2 Å². The Morgan fingerprint density at radius 3 is 2.80 bits per heavy atom. The number of methoxy groups -OCH3 is 2. The van der Waals surface area contributed by atoms with Crippen LogP contribution in [0.25, 0.3) is 11.3 Å². The molecule has 1 amide bonds. The molecule has 8 heteroatoms. The zero-order valence-corrected chi connectivity index (χ0v) is 17.3. The topological polar surface area (TPSA) is 78.7 Å². The van der Waals surface area contributed by atoms with Gasteiger partial charge in [0.25, 0.3) is 0 Å². The van der Waals surface area contributed by atoms with Crippen molar-refractivity contribution in [1.82, 2.24) is 19.7 Å². The summed E-state index contributed by atoms with van der Waals surface area (Å²) in [6.45, 7) is 3.43. The second-order valence-electron chi connectivity index (χ2n) is 7.03. The zero-order chi connectivity index (χ0) is 21.1. The van der Waals surface area contributed by atoms with Crippen LogP contribution in [0.2, 0.25) is 0 Å². The Morgan fingerprint density at radius 2 is 2.07 bits per heavy atom. The van der Waals surface area contributed by atoms with E-state index < -0.39 is 0 Å². The molecule has 0 saturated carbocycles. The predicted molar refractivity (Wildman–Crippen MR) is 111 cm³/mol. The molecule has 0 unspecified atom stereocenters. The zero-order valence-electron chi connectivity index (χ0n) is 17.3. The highest BCUT2D eigenvalue weighted by Crippen LogP contribution is 2.38. The molecule has 30 heavy (non-hydrogen) atoms. The van der Waals surface area contributed by atoms with Crippen LogP contribution < -0.4 is 14.2 Å². The van der Waals surface area contributed by atoms with Crippen LogP contribution in [0.1, 0.15) is 11.3 Å². The first-order valence-electron chi connectivity index (χ1n) is 9.70. The van der Waals surface area contributed by atoms with Gasteiger partial charge in [0.15, 0.2) is 11.5 Å². The van der Waals surface area contributed by atoms with Gasteiger partial charge in [0.05, 0.1) is 26.5 Å².